The first-order chi connectivity index (χ1) is 9.67. The van der Waals surface area contributed by atoms with Crippen LogP contribution in [-0.4, -0.2) is 46.7 Å². The van der Waals surface area contributed by atoms with Crippen molar-refractivity contribution in [3.05, 3.63) is 22.4 Å². The molecule has 0 bridgehead atoms. The second kappa shape index (κ2) is 5.97. The van der Waals surface area contributed by atoms with Crippen molar-refractivity contribution in [2.24, 2.45) is 0 Å². The molecule has 0 unspecified atom stereocenters. The van der Waals surface area contributed by atoms with E-state index in [1.165, 1.54) is 5.56 Å². The highest BCUT2D eigenvalue weighted by Gasteiger charge is 2.38. The first-order valence-electron chi connectivity index (χ1n) is 7.41. The van der Waals surface area contributed by atoms with Gasteiger partial charge in [-0.05, 0) is 57.0 Å². The van der Waals surface area contributed by atoms with E-state index in [9.17, 15) is 4.79 Å². The maximum atomic E-state index is 12.3. The Hall–Kier alpha value is -1.07. The van der Waals surface area contributed by atoms with Crippen LogP contribution in [0.3, 0.4) is 0 Å². The summed E-state index contributed by atoms with van der Waals surface area (Å²) in [5.74, 6) is 0. The van der Waals surface area contributed by atoms with Gasteiger partial charge in [0.25, 0.3) is 0 Å². The van der Waals surface area contributed by atoms with Gasteiger partial charge in [0, 0.05) is 26.2 Å². The van der Waals surface area contributed by atoms with Crippen molar-refractivity contribution < 1.29 is 9.53 Å². The summed E-state index contributed by atoms with van der Waals surface area (Å²) >= 11 is 1.73. The van der Waals surface area contributed by atoms with Gasteiger partial charge in [-0.25, -0.2) is 4.79 Å². The van der Waals surface area contributed by atoms with Gasteiger partial charge in [0.1, 0.15) is 5.60 Å². The molecule has 1 amide bonds. The van der Waals surface area contributed by atoms with Gasteiger partial charge >= 0.3 is 6.09 Å². The standard InChI is InChI=1S/C16H26N2O2S/c1-15(2,3)20-14(19)18-8-7-17(12-16(18,4)5)10-13-6-9-21-11-13/h6,9,11H,7-8,10,12H2,1-5H3. The summed E-state index contributed by atoms with van der Waals surface area (Å²) in [4.78, 5) is 16.6. The zero-order chi connectivity index (χ0) is 15.7. The Morgan fingerprint density at radius 2 is 2.10 bits per heavy atom. The Bertz CT molecular complexity index is 477. The Morgan fingerprint density at radius 1 is 1.38 bits per heavy atom. The zero-order valence-corrected chi connectivity index (χ0v) is 14.5. The molecule has 0 atom stereocenters. The Balaban J connectivity index is 1.97. The first kappa shape index (κ1) is 16.3. The van der Waals surface area contributed by atoms with Gasteiger partial charge in [-0.3, -0.25) is 4.90 Å². The van der Waals surface area contributed by atoms with Gasteiger partial charge in [0.05, 0.1) is 5.54 Å². The minimum atomic E-state index is -0.443. The largest absolute Gasteiger partial charge is 0.444 e. The number of hydrogen-bond acceptors (Lipinski definition) is 4. The van der Waals surface area contributed by atoms with Crippen LogP contribution in [0.2, 0.25) is 0 Å². The summed E-state index contributed by atoms with van der Waals surface area (Å²) in [5.41, 5.74) is 0.693. The number of carbonyl (C=O) groups excluding carboxylic acids is 1. The van der Waals surface area contributed by atoms with Crippen molar-refractivity contribution in [2.75, 3.05) is 19.6 Å². The van der Waals surface area contributed by atoms with Crippen LogP contribution in [0.5, 0.6) is 0 Å². The van der Waals surface area contributed by atoms with Crippen LogP contribution in [0.15, 0.2) is 16.8 Å². The van der Waals surface area contributed by atoms with Crippen LogP contribution in [0.1, 0.15) is 40.2 Å². The fraction of sp³-hybridized carbons (Fsp3) is 0.688. The molecule has 0 aliphatic carbocycles. The van der Waals surface area contributed by atoms with E-state index in [1.807, 2.05) is 25.7 Å². The highest BCUT2D eigenvalue weighted by molar-refractivity contribution is 7.07. The summed E-state index contributed by atoms with van der Waals surface area (Å²) in [6.07, 6.45) is -0.206. The number of amides is 1. The van der Waals surface area contributed by atoms with Crippen LogP contribution in [-0.2, 0) is 11.3 Å². The number of ether oxygens (including phenoxy) is 1. The third-order valence-corrected chi connectivity index (χ3v) is 4.31. The van der Waals surface area contributed by atoms with Gasteiger partial charge < -0.3 is 9.64 Å². The third kappa shape index (κ3) is 4.45. The van der Waals surface area contributed by atoms with E-state index in [1.54, 1.807) is 11.3 Å². The fourth-order valence-corrected chi connectivity index (χ4v) is 3.35. The number of thiophene rings is 1. The number of piperazine rings is 1. The topological polar surface area (TPSA) is 32.8 Å². The maximum absolute atomic E-state index is 12.3. The molecule has 4 nitrogen and oxygen atoms in total. The Kier molecular flexibility index (Phi) is 4.63. The van der Waals surface area contributed by atoms with Crippen LogP contribution in [0.25, 0.3) is 0 Å². The lowest BCUT2D eigenvalue weighted by Crippen LogP contribution is -2.61. The van der Waals surface area contributed by atoms with E-state index in [4.69, 9.17) is 4.74 Å². The molecule has 1 fully saturated rings. The van der Waals surface area contributed by atoms with Crippen molar-refractivity contribution in [1.29, 1.82) is 0 Å². The van der Waals surface area contributed by atoms with Crippen LogP contribution in [0, 0.1) is 0 Å². The molecule has 5 heteroatoms. The number of carbonyl (C=O) groups is 1. The van der Waals surface area contributed by atoms with Gasteiger partial charge in [-0.1, -0.05) is 0 Å². The molecule has 118 valence electrons. The minimum Gasteiger partial charge on any atom is -0.444 e. The summed E-state index contributed by atoms with van der Waals surface area (Å²) in [7, 11) is 0. The highest BCUT2D eigenvalue weighted by atomic mass is 32.1. The fourth-order valence-electron chi connectivity index (χ4n) is 2.69. The first-order valence-corrected chi connectivity index (χ1v) is 8.36. The second-order valence-corrected chi connectivity index (χ2v) is 8.07. The van der Waals surface area contributed by atoms with Crippen LogP contribution >= 0.6 is 11.3 Å². The highest BCUT2D eigenvalue weighted by Crippen LogP contribution is 2.25. The normalized spacial score (nSPS) is 19.6. The predicted octanol–water partition coefficient (Wildman–Crippen LogP) is 3.58. The lowest BCUT2D eigenvalue weighted by molar-refractivity contribution is -0.0243. The summed E-state index contributed by atoms with van der Waals surface area (Å²) in [6.45, 7) is 13.4. The molecular formula is C16H26N2O2S. The molecule has 1 saturated heterocycles. The summed E-state index contributed by atoms with van der Waals surface area (Å²) in [6, 6.07) is 2.16. The van der Waals surface area contributed by atoms with Crippen molar-refractivity contribution >= 4 is 17.4 Å². The quantitative estimate of drug-likeness (QED) is 0.837. The number of nitrogens with zero attached hydrogens (tertiary/aromatic N) is 2. The molecule has 2 rings (SSSR count). The lowest BCUT2D eigenvalue weighted by Gasteiger charge is -2.47. The third-order valence-electron chi connectivity index (χ3n) is 3.58. The molecule has 0 aromatic carbocycles. The van der Waals surface area contributed by atoms with Gasteiger partial charge in [0.2, 0.25) is 0 Å². The SMILES string of the molecule is CC(C)(C)OC(=O)N1CCN(Cc2ccsc2)CC1(C)C. The van der Waals surface area contributed by atoms with Crippen LogP contribution in [0.4, 0.5) is 4.79 Å². The zero-order valence-electron chi connectivity index (χ0n) is 13.7. The summed E-state index contributed by atoms with van der Waals surface area (Å²) in [5, 5.41) is 4.30. The average molecular weight is 310 g/mol. The van der Waals surface area contributed by atoms with E-state index in [2.05, 4.69) is 35.6 Å². The molecule has 21 heavy (non-hydrogen) atoms. The molecule has 1 aromatic heterocycles. The minimum absolute atomic E-state index is 0.206. The molecule has 1 aromatic rings. The predicted molar refractivity (Wildman–Crippen MR) is 86.6 cm³/mol. The molecule has 0 radical (unpaired) electrons. The smallest absolute Gasteiger partial charge is 0.410 e. The van der Waals surface area contributed by atoms with Crippen molar-refractivity contribution in [3.8, 4) is 0 Å². The van der Waals surface area contributed by atoms with E-state index >= 15 is 0 Å². The van der Waals surface area contributed by atoms with Crippen molar-refractivity contribution in [1.82, 2.24) is 9.80 Å². The summed E-state index contributed by atoms with van der Waals surface area (Å²) < 4.78 is 5.52. The monoisotopic (exact) mass is 310 g/mol. The second-order valence-electron chi connectivity index (χ2n) is 7.29. The van der Waals surface area contributed by atoms with E-state index in [-0.39, 0.29) is 11.6 Å². The molecule has 1 aliphatic rings. The average Bonchev–Trinajstić information content (AvgIpc) is 2.77. The Labute approximate surface area is 131 Å². The number of hydrogen-bond donors (Lipinski definition) is 0. The van der Waals surface area contributed by atoms with E-state index < -0.39 is 5.60 Å². The van der Waals surface area contributed by atoms with Gasteiger partial charge in [-0.2, -0.15) is 11.3 Å². The molecule has 0 saturated carbocycles. The molecule has 0 spiro atoms. The molecule has 0 N–H and O–H groups in total. The molecule has 2 heterocycles. The molecule has 1 aliphatic heterocycles. The maximum Gasteiger partial charge on any atom is 0.410 e. The van der Waals surface area contributed by atoms with Gasteiger partial charge in [0.15, 0.2) is 0 Å². The lowest BCUT2D eigenvalue weighted by atomic mass is 9.99. The van der Waals surface area contributed by atoms with Crippen molar-refractivity contribution in [3.63, 3.8) is 0 Å². The van der Waals surface area contributed by atoms with Gasteiger partial charge in [-0.15, -0.1) is 0 Å². The van der Waals surface area contributed by atoms with Crippen molar-refractivity contribution in [2.45, 2.75) is 52.3 Å². The Morgan fingerprint density at radius 3 is 2.62 bits per heavy atom. The number of rotatable bonds is 2. The van der Waals surface area contributed by atoms with Crippen LogP contribution < -0.4 is 0 Å². The molecular weight excluding hydrogens is 284 g/mol. The van der Waals surface area contributed by atoms with E-state index in [0.29, 0.717) is 6.54 Å². The van der Waals surface area contributed by atoms with E-state index in [0.717, 1.165) is 19.6 Å².